The third kappa shape index (κ3) is 5.10. The Morgan fingerprint density at radius 2 is 1.87 bits per heavy atom. The molecule has 0 aromatic heterocycles. The molecule has 0 saturated carbocycles. The molecular weight excluding hydrogens is 238 g/mol. The lowest BCUT2D eigenvalue weighted by molar-refractivity contribution is 0.591. The van der Waals surface area contributed by atoms with Gasteiger partial charge in [-0.2, -0.15) is 0 Å². The first-order chi connectivity index (χ1) is 6.75. The maximum Gasteiger partial charge on any atom is 0.233 e. The van der Waals surface area contributed by atoms with Gasteiger partial charge in [0.15, 0.2) is 9.84 Å². The summed E-state index contributed by atoms with van der Waals surface area (Å²) < 4.78 is 46.4. The molecule has 0 radical (unpaired) electrons. The number of nitrogens with one attached hydrogen (secondary N) is 1. The maximum atomic E-state index is 11.2. The minimum absolute atomic E-state index is 0.134. The van der Waals surface area contributed by atoms with Gasteiger partial charge in [0, 0.05) is 10.8 Å². The van der Waals surface area contributed by atoms with Gasteiger partial charge in [-0.1, -0.05) is 12.7 Å². The van der Waals surface area contributed by atoms with E-state index in [-0.39, 0.29) is 6.42 Å². The van der Waals surface area contributed by atoms with Gasteiger partial charge >= 0.3 is 0 Å². The fourth-order valence-corrected chi connectivity index (χ4v) is 1.95. The highest BCUT2D eigenvalue weighted by Crippen LogP contribution is 2.08. The van der Waals surface area contributed by atoms with Crippen LogP contribution in [0.3, 0.4) is 0 Å². The summed E-state index contributed by atoms with van der Waals surface area (Å²) in [7, 11) is -5.46. The first-order valence-electron chi connectivity index (χ1n) is 4.21. The number of sulfonamides is 1. The van der Waals surface area contributed by atoms with Crippen molar-refractivity contribution in [2.24, 2.45) is 0 Å². The van der Waals surface area contributed by atoms with Gasteiger partial charge in [-0.15, -0.1) is 0 Å². The molecule has 0 spiro atoms. The zero-order valence-electron chi connectivity index (χ0n) is 8.67. The van der Waals surface area contributed by atoms with Crippen LogP contribution in [0.4, 0.5) is 0 Å². The van der Waals surface area contributed by atoms with E-state index >= 15 is 0 Å². The zero-order chi connectivity index (χ0) is 12.1. The number of rotatable bonds is 6. The Kier molecular flexibility index (Phi) is 5.19. The number of hydrogen-bond acceptors (Lipinski definition) is 4. The van der Waals surface area contributed by atoms with Crippen LogP contribution in [-0.4, -0.2) is 29.1 Å². The minimum Gasteiger partial charge on any atom is -0.224 e. The van der Waals surface area contributed by atoms with Crippen molar-refractivity contribution < 1.29 is 16.8 Å². The monoisotopic (exact) mass is 253 g/mol. The molecule has 0 bridgehead atoms. The van der Waals surface area contributed by atoms with Crippen LogP contribution in [0.5, 0.6) is 0 Å². The van der Waals surface area contributed by atoms with E-state index in [4.69, 9.17) is 0 Å². The Balaban J connectivity index is 4.50. The lowest BCUT2D eigenvalue weighted by Crippen LogP contribution is -2.16. The fourth-order valence-electron chi connectivity index (χ4n) is 0.740. The molecule has 88 valence electrons. The maximum absolute atomic E-state index is 11.2. The molecule has 0 aromatic carbocycles. The van der Waals surface area contributed by atoms with E-state index in [0.29, 0.717) is 0 Å². The molecule has 15 heavy (non-hydrogen) atoms. The van der Waals surface area contributed by atoms with Gasteiger partial charge in [-0.3, -0.25) is 0 Å². The van der Waals surface area contributed by atoms with Crippen molar-refractivity contribution in [3.8, 4) is 0 Å². The van der Waals surface area contributed by atoms with Gasteiger partial charge < -0.3 is 0 Å². The Hall–Kier alpha value is -0.660. The third-order valence-corrected chi connectivity index (χ3v) is 4.72. The van der Waals surface area contributed by atoms with Gasteiger partial charge in [-0.25, -0.2) is 21.6 Å². The lowest BCUT2D eigenvalue weighted by atomic mass is 10.3. The molecular formula is C8H15NO4S2. The average molecular weight is 253 g/mol. The standard InChI is InChI=1S/C8H15NO4S2/c1-4-14(10,11)8(2)6-5-7-15(12,13)9-3/h4-5,7-9H,1,6H2,2-3H3/b7-5-. The summed E-state index contributed by atoms with van der Waals surface area (Å²) >= 11 is 0. The molecule has 0 rings (SSSR count). The van der Waals surface area contributed by atoms with Crippen LogP contribution in [0, 0.1) is 0 Å². The van der Waals surface area contributed by atoms with Crippen molar-refractivity contribution in [2.75, 3.05) is 7.05 Å². The van der Waals surface area contributed by atoms with Gasteiger partial charge in [-0.05, 0) is 20.4 Å². The summed E-state index contributed by atoms with van der Waals surface area (Å²) in [5.41, 5.74) is 0. The van der Waals surface area contributed by atoms with Crippen molar-refractivity contribution >= 4 is 19.9 Å². The highest BCUT2D eigenvalue weighted by Gasteiger charge is 2.15. The highest BCUT2D eigenvalue weighted by atomic mass is 32.2. The van der Waals surface area contributed by atoms with E-state index in [1.165, 1.54) is 20.0 Å². The molecule has 0 saturated heterocycles. The molecule has 1 unspecified atom stereocenters. The van der Waals surface area contributed by atoms with E-state index in [2.05, 4.69) is 11.3 Å². The van der Waals surface area contributed by atoms with Gasteiger partial charge in [0.25, 0.3) is 0 Å². The first kappa shape index (κ1) is 14.3. The van der Waals surface area contributed by atoms with Gasteiger partial charge in [0.1, 0.15) is 0 Å². The molecule has 0 amide bonds. The molecule has 0 aliphatic rings. The lowest BCUT2D eigenvalue weighted by Gasteiger charge is -2.05. The van der Waals surface area contributed by atoms with E-state index < -0.39 is 25.1 Å². The summed E-state index contributed by atoms with van der Waals surface area (Å²) in [5.74, 6) is 0. The second kappa shape index (κ2) is 5.43. The first-order valence-corrected chi connectivity index (χ1v) is 7.37. The SMILES string of the molecule is C=CS(=O)(=O)C(C)C/C=C\S(=O)(=O)NC. The molecule has 1 N–H and O–H groups in total. The summed E-state index contributed by atoms with van der Waals surface area (Å²) in [6.07, 6.45) is 1.44. The largest absolute Gasteiger partial charge is 0.233 e. The van der Waals surface area contributed by atoms with Crippen LogP contribution < -0.4 is 4.72 Å². The van der Waals surface area contributed by atoms with Gasteiger partial charge in [0.2, 0.25) is 10.0 Å². The van der Waals surface area contributed by atoms with Crippen molar-refractivity contribution in [2.45, 2.75) is 18.6 Å². The van der Waals surface area contributed by atoms with Crippen LogP contribution in [0.1, 0.15) is 13.3 Å². The number of allylic oxidation sites excluding steroid dienone is 1. The van der Waals surface area contributed by atoms with Crippen molar-refractivity contribution in [3.05, 3.63) is 23.5 Å². The second-order valence-corrected chi connectivity index (χ2v) is 7.01. The highest BCUT2D eigenvalue weighted by molar-refractivity contribution is 7.94. The summed E-state index contributed by atoms with van der Waals surface area (Å²) in [4.78, 5) is 0. The minimum atomic E-state index is -3.42. The van der Waals surface area contributed by atoms with E-state index in [9.17, 15) is 16.8 Å². The molecule has 0 heterocycles. The molecule has 5 nitrogen and oxygen atoms in total. The predicted octanol–water partition coefficient (Wildman–Crippen LogP) is 0.386. The molecule has 0 fully saturated rings. The molecule has 7 heteroatoms. The van der Waals surface area contributed by atoms with Crippen LogP contribution in [0.15, 0.2) is 23.5 Å². The Bertz CT molecular complexity index is 433. The van der Waals surface area contributed by atoms with Gasteiger partial charge in [0.05, 0.1) is 5.25 Å². The molecule has 0 aliphatic heterocycles. The second-order valence-electron chi connectivity index (χ2n) is 2.92. The Morgan fingerprint density at radius 1 is 1.33 bits per heavy atom. The third-order valence-electron chi connectivity index (χ3n) is 1.82. The van der Waals surface area contributed by atoms with E-state index in [1.54, 1.807) is 0 Å². The fraction of sp³-hybridized carbons (Fsp3) is 0.500. The number of sulfone groups is 1. The number of hydrogen-bond donors (Lipinski definition) is 1. The topological polar surface area (TPSA) is 80.3 Å². The molecule has 0 aromatic rings. The van der Waals surface area contributed by atoms with E-state index in [1.807, 2.05) is 0 Å². The van der Waals surface area contributed by atoms with Crippen molar-refractivity contribution in [3.63, 3.8) is 0 Å². The van der Waals surface area contributed by atoms with Crippen LogP contribution in [0.25, 0.3) is 0 Å². The van der Waals surface area contributed by atoms with Crippen molar-refractivity contribution in [1.29, 1.82) is 0 Å². The summed E-state index contributed by atoms with van der Waals surface area (Å²) in [6.45, 7) is 4.68. The molecule has 0 aliphatic carbocycles. The van der Waals surface area contributed by atoms with Crippen LogP contribution >= 0.6 is 0 Å². The van der Waals surface area contributed by atoms with Crippen molar-refractivity contribution in [1.82, 2.24) is 4.72 Å². The summed E-state index contributed by atoms with van der Waals surface area (Å²) in [5, 5.41) is 1.15. The average Bonchev–Trinajstić information content (AvgIpc) is 2.17. The summed E-state index contributed by atoms with van der Waals surface area (Å²) in [6, 6.07) is 0. The predicted molar refractivity (Wildman–Crippen MR) is 60.3 cm³/mol. The van der Waals surface area contributed by atoms with Crippen LogP contribution in [-0.2, 0) is 19.9 Å². The Morgan fingerprint density at radius 3 is 2.27 bits per heavy atom. The zero-order valence-corrected chi connectivity index (χ0v) is 10.3. The molecule has 1 atom stereocenters. The van der Waals surface area contributed by atoms with Crippen LogP contribution in [0.2, 0.25) is 0 Å². The quantitative estimate of drug-likeness (QED) is 0.742. The van der Waals surface area contributed by atoms with E-state index in [0.717, 1.165) is 10.8 Å². The normalized spacial score (nSPS) is 15.3. The Labute approximate surface area is 90.9 Å². The smallest absolute Gasteiger partial charge is 0.224 e.